The molecule has 0 radical (unpaired) electrons. The van der Waals surface area contributed by atoms with Crippen LogP contribution < -0.4 is 5.32 Å². The van der Waals surface area contributed by atoms with Crippen LogP contribution in [0.5, 0.6) is 0 Å². The first-order valence-electron chi connectivity index (χ1n) is 7.61. The smallest absolute Gasteiger partial charge is 0.223 e. The monoisotopic (exact) mass is 261 g/mol. The molecule has 2 fully saturated rings. The molecule has 0 unspecified atom stereocenters. The van der Waals surface area contributed by atoms with Gasteiger partial charge < -0.3 is 10.3 Å². The maximum atomic E-state index is 12.0. The minimum Gasteiger partial charge on any atom is -0.356 e. The van der Waals surface area contributed by atoms with Crippen LogP contribution >= 0.6 is 0 Å². The summed E-state index contributed by atoms with van der Waals surface area (Å²) in [5.74, 6) is 1.58. The lowest BCUT2D eigenvalue weighted by atomic mass is 9.87. The van der Waals surface area contributed by atoms with E-state index in [1.54, 1.807) is 6.33 Å². The third kappa shape index (κ3) is 3.17. The number of hydrogen-bond acceptors (Lipinski definition) is 2. The Kier molecular flexibility index (Phi) is 3.85. The molecule has 2 saturated carbocycles. The molecule has 2 aliphatic carbocycles. The highest BCUT2D eigenvalue weighted by Crippen LogP contribution is 2.46. The van der Waals surface area contributed by atoms with Gasteiger partial charge in [0, 0.05) is 24.6 Å². The molecule has 4 heteroatoms. The molecule has 1 aromatic rings. The standard InChI is InChI=1S/C15H23N3O/c19-15(13-8-12(13)14-9-16-10-18-14)17-7-6-11-4-2-1-3-5-11/h9-13H,1-8H2,(H,16,18)(H,17,19)/t12-,13-/m1/s1. The summed E-state index contributed by atoms with van der Waals surface area (Å²) in [5, 5.41) is 3.11. The predicted molar refractivity (Wildman–Crippen MR) is 73.6 cm³/mol. The van der Waals surface area contributed by atoms with E-state index >= 15 is 0 Å². The van der Waals surface area contributed by atoms with Crippen LogP contribution in [0.25, 0.3) is 0 Å². The van der Waals surface area contributed by atoms with Crippen molar-refractivity contribution in [2.45, 2.75) is 50.9 Å². The summed E-state index contributed by atoms with van der Waals surface area (Å²) in [4.78, 5) is 19.2. The molecule has 4 nitrogen and oxygen atoms in total. The normalized spacial score (nSPS) is 27.2. The van der Waals surface area contributed by atoms with Crippen LogP contribution in [-0.4, -0.2) is 22.4 Å². The molecular weight excluding hydrogens is 238 g/mol. The first-order valence-corrected chi connectivity index (χ1v) is 7.61. The Balaban J connectivity index is 1.36. The van der Waals surface area contributed by atoms with E-state index in [-0.39, 0.29) is 11.8 Å². The van der Waals surface area contributed by atoms with E-state index in [4.69, 9.17) is 0 Å². The van der Waals surface area contributed by atoms with Gasteiger partial charge in [0.2, 0.25) is 5.91 Å². The fourth-order valence-electron chi connectivity index (χ4n) is 3.29. The van der Waals surface area contributed by atoms with Gasteiger partial charge in [-0.15, -0.1) is 0 Å². The highest BCUT2D eigenvalue weighted by molar-refractivity contribution is 5.82. The van der Waals surface area contributed by atoms with Gasteiger partial charge in [-0.25, -0.2) is 4.98 Å². The molecule has 1 amide bonds. The summed E-state index contributed by atoms with van der Waals surface area (Å²) in [6.45, 7) is 0.854. The van der Waals surface area contributed by atoms with Crippen molar-refractivity contribution in [2.24, 2.45) is 11.8 Å². The molecule has 19 heavy (non-hydrogen) atoms. The zero-order valence-electron chi connectivity index (χ0n) is 11.4. The second kappa shape index (κ2) is 5.76. The molecule has 0 bridgehead atoms. The average Bonchev–Trinajstić information content (AvgIpc) is 3.06. The number of amides is 1. The van der Waals surface area contributed by atoms with E-state index in [1.807, 2.05) is 6.20 Å². The van der Waals surface area contributed by atoms with Crippen molar-refractivity contribution >= 4 is 5.91 Å². The number of aromatic amines is 1. The maximum absolute atomic E-state index is 12.0. The summed E-state index contributed by atoms with van der Waals surface area (Å²) in [5.41, 5.74) is 1.03. The van der Waals surface area contributed by atoms with Crippen molar-refractivity contribution in [3.63, 3.8) is 0 Å². The van der Waals surface area contributed by atoms with Gasteiger partial charge in [0.15, 0.2) is 0 Å². The van der Waals surface area contributed by atoms with Crippen LogP contribution in [0.15, 0.2) is 12.5 Å². The van der Waals surface area contributed by atoms with E-state index in [9.17, 15) is 4.79 Å². The largest absolute Gasteiger partial charge is 0.356 e. The van der Waals surface area contributed by atoms with Crippen molar-refractivity contribution in [1.82, 2.24) is 15.3 Å². The number of carbonyl (C=O) groups excluding carboxylic acids is 1. The van der Waals surface area contributed by atoms with Gasteiger partial charge in [-0.2, -0.15) is 0 Å². The third-order valence-corrected chi connectivity index (χ3v) is 4.60. The second-order valence-electron chi connectivity index (χ2n) is 6.03. The van der Waals surface area contributed by atoms with Gasteiger partial charge in [0.05, 0.1) is 12.0 Å². The lowest BCUT2D eigenvalue weighted by molar-refractivity contribution is -0.122. The third-order valence-electron chi connectivity index (χ3n) is 4.60. The average molecular weight is 261 g/mol. The second-order valence-corrected chi connectivity index (χ2v) is 6.03. The van der Waals surface area contributed by atoms with E-state index < -0.39 is 0 Å². The number of carbonyl (C=O) groups is 1. The summed E-state index contributed by atoms with van der Waals surface area (Å²) in [7, 11) is 0. The molecular formula is C15H23N3O. The topological polar surface area (TPSA) is 57.8 Å². The van der Waals surface area contributed by atoms with Crippen molar-refractivity contribution in [2.75, 3.05) is 6.54 Å². The fourth-order valence-corrected chi connectivity index (χ4v) is 3.29. The Bertz CT molecular complexity index is 409. The van der Waals surface area contributed by atoms with Crippen molar-refractivity contribution in [1.29, 1.82) is 0 Å². The molecule has 1 heterocycles. The molecule has 104 valence electrons. The van der Waals surface area contributed by atoms with Gasteiger partial charge in [-0.1, -0.05) is 32.1 Å². The Labute approximate surface area is 114 Å². The van der Waals surface area contributed by atoms with Gasteiger partial charge in [-0.05, 0) is 18.8 Å². The highest BCUT2D eigenvalue weighted by Gasteiger charge is 2.44. The molecule has 0 aliphatic heterocycles. The van der Waals surface area contributed by atoms with Gasteiger partial charge in [0.25, 0.3) is 0 Å². The van der Waals surface area contributed by atoms with Crippen molar-refractivity contribution in [3.8, 4) is 0 Å². The summed E-state index contributed by atoms with van der Waals surface area (Å²) in [6, 6.07) is 0. The molecule has 0 aromatic carbocycles. The summed E-state index contributed by atoms with van der Waals surface area (Å²) in [6.07, 6.45) is 12.6. The Morgan fingerprint density at radius 3 is 2.95 bits per heavy atom. The number of hydrogen-bond donors (Lipinski definition) is 2. The zero-order valence-corrected chi connectivity index (χ0v) is 11.4. The maximum Gasteiger partial charge on any atom is 0.223 e. The number of rotatable bonds is 5. The van der Waals surface area contributed by atoms with Crippen LogP contribution in [0.4, 0.5) is 0 Å². The number of nitrogens with one attached hydrogen (secondary N) is 2. The first-order chi connectivity index (χ1) is 9.34. The van der Waals surface area contributed by atoms with E-state index in [0.29, 0.717) is 5.92 Å². The van der Waals surface area contributed by atoms with Crippen LogP contribution in [0.3, 0.4) is 0 Å². The summed E-state index contributed by atoms with van der Waals surface area (Å²) >= 11 is 0. The van der Waals surface area contributed by atoms with Crippen molar-refractivity contribution < 1.29 is 4.79 Å². The molecule has 1 aromatic heterocycles. The molecule has 2 aliphatic rings. The molecule has 2 N–H and O–H groups in total. The number of imidazole rings is 1. The van der Waals surface area contributed by atoms with Gasteiger partial charge >= 0.3 is 0 Å². The van der Waals surface area contributed by atoms with Gasteiger partial charge in [0.1, 0.15) is 0 Å². The highest BCUT2D eigenvalue weighted by atomic mass is 16.2. The number of H-pyrrole nitrogens is 1. The minimum absolute atomic E-state index is 0.162. The van der Waals surface area contributed by atoms with Crippen LogP contribution in [0.2, 0.25) is 0 Å². The Morgan fingerprint density at radius 2 is 2.21 bits per heavy atom. The molecule has 3 rings (SSSR count). The minimum atomic E-state index is 0.162. The molecule has 0 saturated heterocycles. The van der Waals surface area contributed by atoms with Crippen LogP contribution in [-0.2, 0) is 4.79 Å². The van der Waals surface area contributed by atoms with Crippen LogP contribution in [0.1, 0.15) is 56.6 Å². The zero-order chi connectivity index (χ0) is 13.1. The van der Waals surface area contributed by atoms with E-state index in [1.165, 1.54) is 32.1 Å². The fraction of sp³-hybridized carbons (Fsp3) is 0.733. The summed E-state index contributed by atoms with van der Waals surface area (Å²) < 4.78 is 0. The van der Waals surface area contributed by atoms with Gasteiger partial charge in [-0.3, -0.25) is 4.79 Å². The molecule has 0 spiro atoms. The van der Waals surface area contributed by atoms with E-state index in [2.05, 4.69) is 15.3 Å². The quantitative estimate of drug-likeness (QED) is 0.856. The lowest BCUT2D eigenvalue weighted by Crippen LogP contribution is -2.28. The van der Waals surface area contributed by atoms with Crippen LogP contribution in [0, 0.1) is 11.8 Å². The SMILES string of the molecule is O=C(NCCC1CCCCC1)[C@@H]1C[C@H]1c1c[nH]cn1. The Morgan fingerprint density at radius 1 is 1.37 bits per heavy atom. The molecule has 2 atom stereocenters. The number of aromatic nitrogens is 2. The lowest BCUT2D eigenvalue weighted by Gasteiger charge is -2.21. The predicted octanol–water partition coefficient (Wildman–Crippen LogP) is 2.60. The van der Waals surface area contributed by atoms with Crippen molar-refractivity contribution in [3.05, 3.63) is 18.2 Å². The first kappa shape index (κ1) is 12.7. The van der Waals surface area contributed by atoms with E-state index in [0.717, 1.165) is 31.0 Å². The number of nitrogens with zero attached hydrogens (tertiary/aromatic N) is 1. The Hall–Kier alpha value is -1.32.